The summed E-state index contributed by atoms with van der Waals surface area (Å²) < 4.78 is 73.2. The van der Waals surface area contributed by atoms with E-state index in [4.69, 9.17) is 61.6 Å². The molecule has 81 heavy (non-hydrogen) atoms. The number of hydrogen-bond acceptors (Lipinski definition) is 18. The van der Waals surface area contributed by atoms with Gasteiger partial charge in [0.2, 0.25) is 0 Å². The van der Waals surface area contributed by atoms with E-state index >= 15 is 0 Å². The molecule has 18 nitrogen and oxygen atoms in total. The fourth-order valence-corrected chi connectivity index (χ4v) is 9.81. The molecule has 470 valence electrons. The number of ether oxygens (including phenoxy) is 13. The first-order valence-electron chi connectivity index (χ1n) is 30.5. The molecule has 1 heterocycles. The second-order valence-corrected chi connectivity index (χ2v) is 21.9. The molecule has 0 aromatic rings. The highest BCUT2D eigenvalue weighted by molar-refractivity contribution is 5.81. The number of rotatable bonds is 54. The molecular weight excluding hydrogens is 1040 g/mol. The number of likely N-dealkylation sites (N-methyl/N-ethyl adjacent to an activating group) is 1. The van der Waals surface area contributed by atoms with Crippen LogP contribution in [0.15, 0.2) is 47.6 Å². The van der Waals surface area contributed by atoms with Gasteiger partial charge in [0.1, 0.15) is 24.3 Å². The number of methoxy groups -OCH3 is 1. The second-order valence-electron chi connectivity index (χ2n) is 21.9. The fraction of sp³-hybridized carbons (Fsp3) is 0.825. The normalized spacial score (nSPS) is 21.5. The molecule has 2 rings (SSSR count). The van der Waals surface area contributed by atoms with Gasteiger partial charge in [-0.2, -0.15) is 0 Å². The second kappa shape index (κ2) is 50.5. The SMILES string of the molecule is CNCCOCCOCCOCCOCCOCCOCCOCCOCCOCCOC1CCC(CCC(CCC(C)/C=C(\C)C(O)CC(=O)C(C)CC(C)/C=C/C=C/C=C(\C)C(C[C@@H]2CC[C@@H](C)C(C=O)O2)OC)OC=O)CC1. The smallest absolute Gasteiger partial charge is 0.293 e. The highest BCUT2D eigenvalue weighted by Gasteiger charge is 2.30. The minimum Gasteiger partial charge on any atom is -0.465 e. The molecule has 0 amide bonds. The maximum Gasteiger partial charge on any atom is 0.293 e. The van der Waals surface area contributed by atoms with Gasteiger partial charge in [0, 0.05) is 32.4 Å². The van der Waals surface area contributed by atoms with Crippen LogP contribution in [0.4, 0.5) is 0 Å². The minimum atomic E-state index is -0.833. The van der Waals surface area contributed by atoms with E-state index in [0.717, 1.165) is 88.2 Å². The van der Waals surface area contributed by atoms with Crippen molar-refractivity contribution in [3.63, 3.8) is 0 Å². The number of carbonyl (C=O) groups excluding carboxylic acids is 3. The third kappa shape index (κ3) is 39.5. The maximum absolute atomic E-state index is 13.2. The van der Waals surface area contributed by atoms with Crippen molar-refractivity contribution in [2.75, 3.05) is 146 Å². The van der Waals surface area contributed by atoms with Crippen molar-refractivity contribution in [3.05, 3.63) is 47.6 Å². The molecule has 0 radical (unpaired) electrons. The first kappa shape index (κ1) is 74.3. The van der Waals surface area contributed by atoms with Gasteiger partial charge in [0.15, 0.2) is 0 Å². The van der Waals surface area contributed by atoms with Crippen molar-refractivity contribution in [3.8, 4) is 0 Å². The molecule has 1 saturated heterocycles. The van der Waals surface area contributed by atoms with Gasteiger partial charge < -0.3 is 76.8 Å². The summed E-state index contributed by atoms with van der Waals surface area (Å²) in [5.74, 6) is 1.03. The van der Waals surface area contributed by atoms with Crippen LogP contribution in [-0.2, 0) is 76.0 Å². The van der Waals surface area contributed by atoms with Crippen molar-refractivity contribution in [2.24, 2.45) is 29.6 Å². The van der Waals surface area contributed by atoms with Gasteiger partial charge in [-0.05, 0) is 126 Å². The molecule has 7 unspecified atom stereocenters. The van der Waals surface area contributed by atoms with E-state index in [1.54, 1.807) is 7.11 Å². The van der Waals surface area contributed by atoms with Gasteiger partial charge in [-0.1, -0.05) is 64.2 Å². The van der Waals surface area contributed by atoms with Crippen molar-refractivity contribution < 1.29 is 81.1 Å². The molecule has 1 aliphatic carbocycles. The van der Waals surface area contributed by atoms with Gasteiger partial charge in [0.25, 0.3) is 6.47 Å². The molecule has 0 aromatic carbocycles. The summed E-state index contributed by atoms with van der Waals surface area (Å²) in [6.07, 6.45) is 22.9. The van der Waals surface area contributed by atoms with Crippen LogP contribution in [0.5, 0.6) is 0 Å². The van der Waals surface area contributed by atoms with Crippen LogP contribution < -0.4 is 5.32 Å². The molecule has 1 aliphatic heterocycles. The molecule has 9 atom stereocenters. The van der Waals surface area contributed by atoms with E-state index < -0.39 is 6.10 Å². The predicted octanol–water partition coefficient (Wildman–Crippen LogP) is 8.44. The Bertz CT molecular complexity index is 1660. The zero-order valence-electron chi connectivity index (χ0n) is 51.3. The number of aliphatic hydroxyl groups is 1. The molecule has 2 fully saturated rings. The zero-order chi connectivity index (χ0) is 59.0. The van der Waals surface area contributed by atoms with E-state index in [1.807, 2.05) is 52.1 Å². The molecule has 0 aromatic heterocycles. The van der Waals surface area contributed by atoms with E-state index in [-0.39, 0.29) is 66.4 Å². The summed E-state index contributed by atoms with van der Waals surface area (Å²) in [5, 5.41) is 14.0. The third-order valence-electron chi connectivity index (χ3n) is 15.0. The molecule has 0 spiro atoms. The third-order valence-corrected chi connectivity index (χ3v) is 15.0. The van der Waals surface area contributed by atoms with Crippen LogP contribution in [0.3, 0.4) is 0 Å². The predicted molar refractivity (Wildman–Crippen MR) is 314 cm³/mol. The summed E-state index contributed by atoms with van der Waals surface area (Å²) in [7, 11) is 3.60. The largest absolute Gasteiger partial charge is 0.465 e. The summed E-state index contributed by atoms with van der Waals surface area (Å²) in [4.78, 5) is 36.0. The van der Waals surface area contributed by atoms with Crippen LogP contribution in [0.25, 0.3) is 0 Å². The quantitative estimate of drug-likeness (QED) is 0.0254. The van der Waals surface area contributed by atoms with Crippen LogP contribution in [0.2, 0.25) is 0 Å². The monoisotopic (exact) mass is 1150 g/mol. The molecular formula is C63H111NO17. The van der Waals surface area contributed by atoms with Gasteiger partial charge in [0.05, 0.1) is 150 Å². The Hall–Kier alpha value is -2.79. The summed E-state index contributed by atoms with van der Waals surface area (Å²) in [5.41, 5.74) is 1.88. The van der Waals surface area contributed by atoms with Gasteiger partial charge >= 0.3 is 0 Å². The molecule has 1 saturated carbocycles. The lowest BCUT2D eigenvalue weighted by atomic mass is 9.83. The Labute approximate surface area is 488 Å². The van der Waals surface area contributed by atoms with E-state index in [2.05, 4.69) is 38.2 Å². The Balaban J connectivity index is 1.45. The number of ketones is 1. The standard InChI is InChI=1S/C63H111NO17/c1-50(12-10-9-11-13-52(3)62(69-8)46-59-20-15-53(4)63(48-65)81-59)44-54(5)60(67)47-61(68)55(6)45-51(2)14-19-58(80-49-66)23-18-56-16-21-57(22-17-56)79-43-42-78-41-40-77-39-38-76-37-36-75-35-34-74-33-32-73-31-30-72-29-28-71-27-26-70-25-24-64-7/h9-13,45,48-51,53-54,56-59,61-64,68H,14-44,46-47H2,1-8H3/b11-9+,12-10+,52-13+,55-45+/t50?,51?,53-,54?,56?,57?,58?,59+,61?,62?,63?/m1/s1. The van der Waals surface area contributed by atoms with E-state index in [9.17, 15) is 19.5 Å². The van der Waals surface area contributed by atoms with Crippen molar-refractivity contribution in [2.45, 2.75) is 162 Å². The number of nitrogens with one attached hydrogen (secondary N) is 1. The lowest BCUT2D eigenvalue weighted by Crippen LogP contribution is -2.37. The molecule has 0 bridgehead atoms. The Morgan fingerprint density at radius 1 is 0.642 bits per heavy atom. The number of aldehydes is 1. The summed E-state index contributed by atoms with van der Waals surface area (Å²) in [6.45, 7) is 23.5. The summed E-state index contributed by atoms with van der Waals surface area (Å²) >= 11 is 0. The first-order chi connectivity index (χ1) is 39.4. The van der Waals surface area contributed by atoms with Crippen LogP contribution in [0.1, 0.15) is 125 Å². The number of carbonyl (C=O) groups is 3. The number of allylic oxidation sites excluding steroid dienone is 6. The van der Waals surface area contributed by atoms with Crippen LogP contribution >= 0.6 is 0 Å². The van der Waals surface area contributed by atoms with Gasteiger partial charge in [-0.3, -0.25) is 9.59 Å². The van der Waals surface area contributed by atoms with Crippen molar-refractivity contribution >= 4 is 18.5 Å². The molecule has 18 heteroatoms. The fourth-order valence-electron chi connectivity index (χ4n) is 9.81. The lowest BCUT2D eigenvalue weighted by molar-refractivity contribution is -0.135. The highest BCUT2D eigenvalue weighted by atomic mass is 16.6. The highest BCUT2D eigenvalue weighted by Crippen LogP contribution is 2.32. The average Bonchev–Trinajstić information content (AvgIpc) is 3.46. The minimum absolute atomic E-state index is 0.00406. The zero-order valence-corrected chi connectivity index (χ0v) is 51.3. The van der Waals surface area contributed by atoms with Crippen molar-refractivity contribution in [1.82, 2.24) is 5.32 Å². The maximum atomic E-state index is 13.2. The van der Waals surface area contributed by atoms with Gasteiger partial charge in [-0.25, -0.2) is 0 Å². The Morgan fingerprint density at radius 2 is 1.17 bits per heavy atom. The summed E-state index contributed by atoms with van der Waals surface area (Å²) in [6, 6.07) is 0. The van der Waals surface area contributed by atoms with Crippen molar-refractivity contribution in [1.29, 1.82) is 0 Å². The molecule has 2 N–H and O–H groups in total. The van der Waals surface area contributed by atoms with Gasteiger partial charge in [-0.15, -0.1) is 0 Å². The first-order valence-corrected chi connectivity index (χ1v) is 30.5. The molecule has 2 aliphatic rings. The van der Waals surface area contributed by atoms with Crippen LogP contribution in [-0.4, -0.2) is 207 Å². The van der Waals surface area contributed by atoms with E-state index in [0.29, 0.717) is 151 Å². The topological polar surface area (TPSA) is 203 Å². The lowest BCUT2D eigenvalue weighted by Gasteiger charge is -2.33. The number of hydrogen-bond donors (Lipinski definition) is 2. The Morgan fingerprint density at radius 3 is 1.68 bits per heavy atom. The van der Waals surface area contributed by atoms with Crippen LogP contribution in [0, 0.1) is 29.6 Å². The van der Waals surface area contributed by atoms with E-state index in [1.165, 1.54) is 0 Å². The average molecular weight is 1150 g/mol. The number of Topliss-reactive ketones (excluding diaryl/α,β-unsaturated/α-hetero) is 1. The number of aliphatic hydroxyl groups excluding tert-OH is 1. The Kier molecular flexibility index (Phi) is 46.4.